The highest BCUT2D eigenvalue weighted by molar-refractivity contribution is 7.16. The van der Waals surface area contributed by atoms with E-state index in [2.05, 4.69) is 20.3 Å². The molecule has 0 aliphatic rings. The molecule has 2 heterocycles. The molecule has 1 amide bonds. The van der Waals surface area contributed by atoms with Crippen molar-refractivity contribution in [1.82, 2.24) is 20.3 Å². The highest BCUT2D eigenvalue weighted by atomic mass is 32.1. The smallest absolute Gasteiger partial charge is 0.263 e. The van der Waals surface area contributed by atoms with E-state index in [1.54, 1.807) is 6.20 Å². The summed E-state index contributed by atoms with van der Waals surface area (Å²) in [6.45, 7) is 1.91. The summed E-state index contributed by atoms with van der Waals surface area (Å²) in [6.07, 6.45) is 1.62. The van der Waals surface area contributed by atoms with Crippen LogP contribution in [0.5, 0.6) is 0 Å². The molecule has 2 aromatic heterocycles. The maximum Gasteiger partial charge on any atom is 0.263 e. The molecule has 2 aromatic carbocycles. The van der Waals surface area contributed by atoms with Crippen molar-refractivity contribution < 1.29 is 4.79 Å². The van der Waals surface area contributed by atoms with Gasteiger partial charge in [0.25, 0.3) is 5.91 Å². The van der Waals surface area contributed by atoms with Gasteiger partial charge < -0.3 is 10.3 Å². The number of amides is 1. The molecule has 0 bridgehead atoms. The lowest BCUT2D eigenvalue weighted by molar-refractivity contribution is 0.0942. The molecule has 2 N–H and O–H groups in total. The number of aromatic amines is 1. The summed E-state index contributed by atoms with van der Waals surface area (Å²) < 4.78 is 0. The lowest BCUT2D eigenvalue weighted by Gasteiger charge is -2.09. The second kappa shape index (κ2) is 6.49. The Balaban J connectivity index is 1.51. The number of para-hydroxylation sites is 2. The average Bonchev–Trinajstić information content (AvgIpc) is 3.29. The maximum absolute atomic E-state index is 12.5. The molecule has 0 aliphatic heterocycles. The van der Waals surface area contributed by atoms with E-state index in [9.17, 15) is 4.79 Å². The second-order valence-electron chi connectivity index (χ2n) is 5.73. The Morgan fingerprint density at radius 3 is 2.68 bits per heavy atom. The van der Waals surface area contributed by atoms with Gasteiger partial charge in [0.2, 0.25) is 0 Å². The van der Waals surface area contributed by atoms with Crippen LogP contribution in [0.15, 0.2) is 60.8 Å². The summed E-state index contributed by atoms with van der Waals surface area (Å²) in [4.78, 5) is 25.2. The van der Waals surface area contributed by atoms with Crippen LogP contribution in [-0.4, -0.2) is 20.9 Å². The number of rotatable bonds is 4. The van der Waals surface area contributed by atoms with Crippen molar-refractivity contribution in [2.75, 3.05) is 0 Å². The Bertz CT molecular complexity index is 989. The van der Waals surface area contributed by atoms with Gasteiger partial charge in [0, 0.05) is 5.56 Å². The van der Waals surface area contributed by atoms with Crippen molar-refractivity contribution in [1.29, 1.82) is 0 Å². The predicted molar refractivity (Wildman–Crippen MR) is 99.5 cm³/mol. The van der Waals surface area contributed by atoms with E-state index in [4.69, 9.17) is 0 Å². The van der Waals surface area contributed by atoms with E-state index < -0.39 is 0 Å². The normalized spacial score (nSPS) is 12.2. The van der Waals surface area contributed by atoms with Crippen LogP contribution in [0.1, 0.15) is 28.5 Å². The van der Waals surface area contributed by atoms with Crippen LogP contribution in [-0.2, 0) is 0 Å². The van der Waals surface area contributed by atoms with Crippen molar-refractivity contribution >= 4 is 28.3 Å². The standard InChI is InChI=1S/C19H16N4OS/c1-12(17-22-14-9-5-6-10-15(14)23-17)21-18(24)16-11-20-19(25-16)13-7-3-2-4-8-13/h2-12H,1H3,(H,21,24)(H,22,23). The number of carbonyl (C=O) groups is 1. The zero-order valence-electron chi connectivity index (χ0n) is 13.6. The summed E-state index contributed by atoms with van der Waals surface area (Å²) >= 11 is 1.38. The Kier molecular flexibility index (Phi) is 4.03. The summed E-state index contributed by atoms with van der Waals surface area (Å²) in [5.74, 6) is 0.593. The molecule has 0 aliphatic carbocycles. The predicted octanol–water partition coefficient (Wildman–Crippen LogP) is 4.18. The molecule has 0 saturated heterocycles. The maximum atomic E-state index is 12.5. The number of hydrogen-bond acceptors (Lipinski definition) is 4. The second-order valence-corrected chi connectivity index (χ2v) is 6.76. The third kappa shape index (κ3) is 3.16. The highest BCUT2D eigenvalue weighted by Gasteiger charge is 2.17. The van der Waals surface area contributed by atoms with E-state index in [1.807, 2.05) is 61.5 Å². The Morgan fingerprint density at radius 1 is 1.12 bits per heavy atom. The zero-order valence-corrected chi connectivity index (χ0v) is 14.4. The van der Waals surface area contributed by atoms with Crippen LogP contribution in [0.3, 0.4) is 0 Å². The lowest BCUT2D eigenvalue weighted by Crippen LogP contribution is -2.26. The van der Waals surface area contributed by atoms with E-state index in [0.29, 0.717) is 4.88 Å². The number of benzene rings is 2. The molecule has 6 heteroatoms. The minimum absolute atomic E-state index is 0.146. The van der Waals surface area contributed by atoms with Crippen LogP contribution >= 0.6 is 11.3 Å². The summed E-state index contributed by atoms with van der Waals surface area (Å²) in [5, 5.41) is 3.81. The highest BCUT2D eigenvalue weighted by Crippen LogP contribution is 2.25. The first-order valence-corrected chi connectivity index (χ1v) is 8.79. The number of aromatic nitrogens is 3. The minimum atomic E-state index is -0.220. The largest absolute Gasteiger partial charge is 0.342 e. The number of fused-ring (bicyclic) bond motifs is 1. The van der Waals surface area contributed by atoms with Gasteiger partial charge >= 0.3 is 0 Å². The van der Waals surface area contributed by atoms with Gasteiger partial charge in [0.05, 0.1) is 23.3 Å². The minimum Gasteiger partial charge on any atom is -0.342 e. The molecule has 0 saturated carbocycles. The van der Waals surface area contributed by atoms with Gasteiger partial charge in [0.1, 0.15) is 15.7 Å². The number of nitrogens with one attached hydrogen (secondary N) is 2. The van der Waals surface area contributed by atoms with Crippen LogP contribution < -0.4 is 5.32 Å². The molecule has 4 aromatic rings. The first-order chi connectivity index (χ1) is 12.2. The van der Waals surface area contributed by atoms with Gasteiger partial charge in [-0.25, -0.2) is 9.97 Å². The third-order valence-corrected chi connectivity index (χ3v) is 4.96. The third-order valence-electron chi connectivity index (χ3n) is 3.92. The van der Waals surface area contributed by atoms with Crippen LogP contribution in [0.2, 0.25) is 0 Å². The van der Waals surface area contributed by atoms with Gasteiger partial charge in [-0.05, 0) is 19.1 Å². The molecule has 5 nitrogen and oxygen atoms in total. The van der Waals surface area contributed by atoms with Crippen molar-refractivity contribution in [3.05, 3.63) is 71.5 Å². The molecular formula is C19H16N4OS. The number of carbonyl (C=O) groups excluding carboxylic acids is 1. The molecule has 0 radical (unpaired) electrons. The Morgan fingerprint density at radius 2 is 1.88 bits per heavy atom. The van der Waals surface area contributed by atoms with E-state index >= 15 is 0 Å². The quantitative estimate of drug-likeness (QED) is 0.581. The number of imidazole rings is 1. The summed E-state index contributed by atoms with van der Waals surface area (Å²) in [7, 11) is 0. The first-order valence-electron chi connectivity index (χ1n) is 7.97. The van der Waals surface area contributed by atoms with Crippen molar-refractivity contribution in [3.63, 3.8) is 0 Å². The molecule has 1 atom stereocenters. The average molecular weight is 348 g/mol. The van der Waals surface area contributed by atoms with Crippen LogP contribution in [0, 0.1) is 0 Å². The zero-order chi connectivity index (χ0) is 17.2. The van der Waals surface area contributed by atoms with Gasteiger partial charge in [-0.1, -0.05) is 42.5 Å². The number of H-pyrrole nitrogens is 1. The molecular weight excluding hydrogens is 332 g/mol. The molecule has 4 rings (SSSR count). The fourth-order valence-electron chi connectivity index (χ4n) is 2.61. The summed E-state index contributed by atoms with van der Waals surface area (Å²) in [5.41, 5.74) is 2.86. The molecule has 25 heavy (non-hydrogen) atoms. The van der Waals surface area contributed by atoms with Gasteiger partial charge in [0.15, 0.2) is 0 Å². The van der Waals surface area contributed by atoms with Gasteiger partial charge in [-0.2, -0.15) is 0 Å². The fraction of sp³-hybridized carbons (Fsp3) is 0.105. The molecule has 124 valence electrons. The topological polar surface area (TPSA) is 70.7 Å². The molecule has 0 spiro atoms. The monoisotopic (exact) mass is 348 g/mol. The van der Waals surface area contributed by atoms with Crippen molar-refractivity contribution in [2.24, 2.45) is 0 Å². The summed E-state index contributed by atoms with van der Waals surface area (Å²) in [6, 6.07) is 17.4. The lowest BCUT2D eigenvalue weighted by atomic mass is 10.2. The van der Waals surface area contributed by atoms with E-state index in [1.165, 1.54) is 11.3 Å². The fourth-order valence-corrected chi connectivity index (χ4v) is 3.43. The number of hydrogen-bond donors (Lipinski definition) is 2. The Hall–Kier alpha value is -2.99. The van der Waals surface area contributed by atoms with E-state index in [-0.39, 0.29) is 11.9 Å². The number of thiazole rings is 1. The SMILES string of the molecule is CC(NC(=O)c1cnc(-c2ccccc2)s1)c1nc2ccccc2[nH]1. The molecule has 0 fully saturated rings. The van der Waals surface area contributed by atoms with Gasteiger partial charge in [-0.15, -0.1) is 11.3 Å². The van der Waals surface area contributed by atoms with Crippen LogP contribution in [0.25, 0.3) is 21.6 Å². The molecule has 1 unspecified atom stereocenters. The first kappa shape index (κ1) is 15.5. The van der Waals surface area contributed by atoms with Crippen LogP contribution in [0.4, 0.5) is 0 Å². The van der Waals surface area contributed by atoms with Crippen molar-refractivity contribution in [3.8, 4) is 10.6 Å². The van der Waals surface area contributed by atoms with Crippen molar-refractivity contribution in [2.45, 2.75) is 13.0 Å². The Labute approximate surface area is 148 Å². The number of nitrogens with zero attached hydrogens (tertiary/aromatic N) is 2. The van der Waals surface area contributed by atoms with E-state index in [0.717, 1.165) is 27.4 Å². The van der Waals surface area contributed by atoms with Gasteiger partial charge in [-0.3, -0.25) is 4.79 Å².